The summed E-state index contributed by atoms with van der Waals surface area (Å²) in [5.41, 5.74) is 1.42. The van der Waals surface area contributed by atoms with E-state index in [0.29, 0.717) is 17.1 Å². The van der Waals surface area contributed by atoms with Crippen molar-refractivity contribution in [3.8, 4) is 17.2 Å². The first kappa shape index (κ1) is 20.5. The van der Waals surface area contributed by atoms with Gasteiger partial charge >= 0.3 is 0 Å². The molecule has 29 heavy (non-hydrogen) atoms. The van der Waals surface area contributed by atoms with Crippen molar-refractivity contribution in [1.82, 2.24) is 14.9 Å². The van der Waals surface area contributed by atoms with Gasteiger partial charge in [-0.25, -0.2) is 13.9 Å². The topological polar surface area (TPSA) is 73.7 Å². The largest absolute Gasteiger partial charge is 0.497 e. The third-order valence-electron chi connectivity index (χ3n) is 3.95. The van der Waals surface area contributed by atoms with Gasteiger partial charge in [-0.05, 0) is 60.2 Å². The number of hydrogen-bond donors (Lipinski definition) is 1. The molecule has 2 aromatic carbocycles. The first-order valence-corrected chi connectivity index (χ1v) is 8.86. The van der Waals surface area contributed by atoms with E-state index in [-0.39, 0.29) is 11.4 Å². The van der Waals surface area contributed by atoms with Crippen LogP contribution in [0.15, 0.2) is 47.6 Å². The van der Waals surface area contributed by atoms with Crippen LogP contribution in [0, 0.1) is 4.77 Å². The lowest BCUT2D eigenvalue weighted by molar-refractivity contribution is 0.136. The molecule has 0 radical (unpaired) electrons. The Balaban J connectivity index is 1.79. The number of aromatic nitrogens is 3. The van der Waals surface area contributed by atoms with Crippen LogP contribution in [-0.2, 0) is 6.61 Å². The molecule has 0 aliphatic heterocycles. The number of benzene rings is 2. The van der Waals surface area contributed by atoms with Gasteiger partial charge in [-0.15, -0.1) is 0 Å². The first-order chi connectivity index (χ1) is 14.0. The molecule has 0 unspecified atom stereocenters. The molecule has 0 atom stereocenters. The molecule has 0 aliphatic rings. The minimum absolute atomic E-state index is 0.0203. The number of nitrogens with zero attached hydrogens (tertiary/aromatic N) is 3. The molecule has 0 spiro atoms. The summed E-state index contributed by atoms with van der Waals surface area (Å²) in [5, 5.41) is 9.79. The molecule has 0 fully saturated rings. The van der Waals surface area contributed by atoms with Gasteiger partial charge < -0.3 is 14.2 Å². The maximum absolute atomic E-state index is 13.0. The summed E-state index contributed by atoms with van der Waals surface area (Å²) in [5.74, 6) is 1.47. The predicted molar refractivity (Wildman–Crippen MR) is 106 cm³/mol. The van der Waals surface area contributed by atoms with Crippen molar-refractivity contribution in [2.24, 2.45) is 5.10 Å². The second kappa shape index (κ2) is 9.28. The molecule has 1 N–H and O–H groups in total. The van der Waals surface area contributed by atoms with Gasteiger partial charge in [-0.3, -0.25) is 0 Å². The Labute approximate surface area is 170 Å². The van der Waals surface area contributed by atoms with Gasteiger partial charge in [0.25, 0.3) is 6.43 Å². The Bertz CT molecular complexity index is 1050. The third-order valence-corrected chi connectivity index (χ3v) is 4.22. The van der Waals surface area contributed by atoms with Crippen molar-refractivity contribution < 1.29 is 23.0 Å². The number of methoxy groups -OCH3 is 2. The highest BCUT2D eigenvalue weighted by molar-refractivity contribution is 7.71. The maximum Gasteiger partial charge on any atom is 0.299 e. The van der Waals surface area contributed by atoms with Gasteiger partial charge in [-0.1, -0.05) is 0 Å². The Morgan fingerprint density at radius 3 is 2.52 bits per heavy atom. The van der Waals surface area contributed by atoms with Crippen molar-refractivity contribution in [3.63, 3.8) is 0 Å². The quantitative estimate of drug-likeness (QED) is 0.433. The lowest BCUT2D eigenvalue weighted by Gasteiger charge is -2.11. The van der Waals surface area contributed by atoms with E-state index < -0.39 is 12.2 Å². The Morgan fingerprint density at radius 1 is 1.14 bits per heavy atom. The molecule has 0 aliphatic carbocycles. The van der Waals surface area contributed by atoms with Crippen LogP contribution in [0.2, 0.25) is 0 Å². The zero-order valence-corrected chi connectivity index (χ0v) is 16.5. The fraction of sp³-hybridized carbons (Fsp3) is 0.211. The molecular weight excluding hydrogens is 402 g/mol. The van der Waals surface area contributed by atoms with Crippen LogP contribution >= 0.6 is 12.2 Å². The minimum atomic E-state index is -2.80. The van der Waals surface area contributed by atoms with E-state index in [1.807, 2.05) is 0 Å². The summed E-state index contributed by atoms with van der Waals surface area (Å²) >= 11 is 4.94. The van der Waals surface area contributed by atoms with Crippen molar-refractivity contribution in [2.45, 2.75) is 13.0 Å². The number of halogens is 2. The Hall–Kier alpha value is -3.27. The van der Waals surface area contributed by atoms with E-state index in [1.165, 1.54) is 6.21 Å². The van der Waals surface area contributed by atoms with E-state index >= 15 is 0 Å². The minimum Gasteiger partial charge on any atom is -0.497 e. The molecule has 0 saturated carbocycles. The second-order valence-electron chi connectivity index (χ2n) is 5.78. The van der Waals surface area contributed by atoms with Crippen LogP contribution in [0.5, 0.6) is 17.2 Å². The zero-order chi connectivity index (χ0) is 20.8. The summed E-state index contributed by atoms with van der Waals surface area (Å²) in [4.78, 5) is 0. The van der Waals surface area contributed by atoms with Crippen LogP contribution in [0.1, 0.15) is 23.4 Å². The summed E-state index contributed by atoms with van der Waals surface area (Å²) < 4.78 is 43.1. The summed E-state index contributed by atoms with van der Waals surface area (Å²) in [7, 11) is 3.15. The van der Waals surface area contributed by atoms with E-state index in [2.05, 4.69) is 15.3 Å². The van der Waals surface area contributed by atoms with Crippen LogP contribution in [0.3, 0.4) is 0 Å². The number of H-pyrrole nitrogens is 1. The van der Waals surface area contributed by atoms with Gasteiger partial charge in [0.2, 0.25) is 10.6 Å². The maximum atomic E-state index is 13.0. The molecule has 3 aromatic rings. The molecule has 1 heterocycles. The molecular formula is C19H18F2N4O3S. The van der Waals surface area contributed by atoms with Gasteiger partial charge in [0.1, 0.15) is 23.9 Å². The summed E-state index contributed by atoms with van der Waals surface area (Å²) in [6.45, 7) is 0.241. The van der Waals surface area contributed by atoms with Gasteiger partial charge in [0.15, 0.2) is 0 Å². The number of rotatable bonds is 8. The zero-order valence-electron chi connectivity index (χ0n) is 15.6. The van der Waals surface area contributed by atoms with Gasteiger partial charge in [-0.2, -0.15) is 14.9 Å². The van der Waals surface area contributed by atoms with E-state index in [4.69, 9.17) is 26.4 Å². The van der Waals surface area contributed by atoms with Crippen LogP contribution in [-0.4, -0.2) is 35.3 Å². The Kier molecular flexibility index (Phi) is 6.55. The van der Waals surface area contributed by atoms with Gasteiger partial charge in [0.05, 0.1) is 20.4 Å². The molecule has 3 rings (SSSR count). The normalized spacial score (nSPS) is 11.2. The van der Waals surface area contributed by atoms with Crippen molar-refractivity contribution >= 4 is 18.4 Å². The number of ether oxygens (including phenoxy) is 3. The fourth-order valence-corrected chi connectivity index (χ4v) is 2.69. The highest BCUT2D eigenvalue weighted by atomic mass is 32.1. The molecule has 152 valence electrons. The van der Waals surface area contributed by atoms with E-state index in [1.54, 1.807) is 56.7 Å². The SMILES string of the molecule is COc1ccc(OCc2cc(/C=N/n3c(C(F)F)n[nH]c3=S)ccc2OC)cc1. The number of hydrogen-bond acceptors (Lipinski definition) is 6. The van der Waals surface area contributed by atoms with Crippen molar-refractivity contribution in [3.05, 3.63) is 64.2 Å². The Morgan fingerprint density at radius 2 is 1.86 bits per heavy atom. The number of alkyl halides is 2. The fourth-order valence-electron chi connectivity index (χ4n) is 2.51. The average molecular weight is 420 g/mol. The second-order valence-corrected chi connectivity index (χ2v) is 6.17. The van der Waals surface area contributed by atoms with E-state index in [9.17, 15) is 8.78 Å². The van der Waals surface area contributed by atoms with Gasteiger partial charge in [0, 0.05) is 5.56 Å². The van der Waals surface area contributed by atoms with Crippen molar-refractivity contribution in [1.29, 1.82) is 0 Å². The van der Waals surface area contributed by atoms with Crippen LogP contribution in [0.25, 0.3) is 0 Å². The lowest BCUT2D eigenvalue weighted by atomic mass is 10.1. The standard InChI is InChI=1S/C19H18F2N4O3S/c1-26-14-4-6-15(7-5-14)28-11-13-9-12(3-8-16(13)27-2)10-22-25-18(17(20)21)23-24-19(25)29/h3-10,17H,11H2,1-2H3,(H,24,29)/b22-10+. The molecule has 7 nitrogen and oxygen atoms in total. The van der Waals surface area contributed by atoms with Crippen LogP contribution < -0.4 is 14.2 Å². The monoisotopic (exact) mass is 420 g/mol. The molecule has 10 heteroatoms. The smallest absolute Gasteiger partial charge is 0.299 e. The van der Waals surface area contributed by atoms with Crippen LogP contribution in [0.4, 0.5) is 8.78 Å². The van der Waals surface area contributed by atoms with Crippen molar-refractivity contribution in [2.75, 3.05) is 14.2 Å². The highest BCUT2D eigenvalue weighted by Crippen LogP contribution is 2.23. The molecule has 0 amide bonds. The highest BCUT2D eigenvalue weighted by Gasteiger charge is 2.16. The molecule has 1 aromatic heterocycles. The number of nitrogens with one attached hydrogen (secondary N) is 1. The molecule has 0 bridgehead atoms. The number of aromatic amines is 1. The average Bonchev–Trinajstić information content (AvgIpc) is 3.11. The summed E-state index contributed by atoms with van der Waals surface area (Å²) in [6, 6.07) is 12.5. The predicted octanol–water partition coefficient (Wildman–Crippen LogP) is 4.36. The van der Waals surface area contributed by atoms with E-state index in [0.717, 1.165) is 16.0 Å². The third kappa shape index (κ3) is 4.96. The lowest BCUT2D eigenvalue weighted by Crippen LogP contribution is -2.01. The first-order valence-electron chi connectivity index (χ1n) is 8.45. The summed E-state index contributed by atoms with van der Waals surface area (Å²) in [6.07, 6.45) is -1.39. The molecule has 0 saturated heterocycles.